The van der Waals surface area contributed by atoms with E-state index in [0.29, 0.717) is 19.4 Å². The highest BCUT2D eigenvalue weighted by Gasteiger charge is 2.51. The lowest BCUT2D eigenvalue weighted by molar-refractivity contribution is -0.157. The number of hydrogen-bond donors (Lipinski definition) is 1. The smallest absolute Gasteiger partial charge is 0.411 e. The van der Waals surface area contributed by atoms with Gasteiger partial charge in [-0.15, -0.1) is 0 Å². The normalized spacial score (nSPS) is 24.1. The van der Waals surface area contributed by atoms with Crippen LogP contribution in [0.15, 0.2) is 30.3 Å². The lowest BCUT2D eigenvalue weighted by atomic mass is 9.81. The van der Waals surface area contributed by atoms with Crippen LogP contribution >= 0.6 is 0 Å². The number of hydrogen-bond acceptors (Lipinski definition) is 4. The summed E-state index contributed by atoms with van der Waals surface area (Å²) in [7, 11) is 1.98. The van der Waals surface area contributed by atoms with Gasteiger partial charge in [0, 0.05) is 18.6 Å². The van der Waals surface area contributed by atoms with Crippen molar-refractivity contribution in [2.75, 3.05) is 13.6 Å². The van der Waals surface area contributed by atoms with Crippen LogP contribution in [0.5, 0.6) is 0 Å². The SMILES string of the molecule is CC1CC(C(=O)O)(N(C(=O)OCc2ccccc2)C(C)C)CCN1C. The van der Waals surface area contributed by atoms with Gasteiger partial charge in [-0.3, -0.25) is 4.90 Å². The zero-order valence-corrected chi connectivity index (χ0v) is 15.4. The zero-order valence-electron chi connectivity index (χ0n) is 15.4. The van der Waals surface area contributed by atoms with Gasteiger partial charge in [-0.1, -0.05) is 30.3 Å². The fraction of sp³-hybridized carbons (Fsp3) is 0.579. The van der Waals surface area contributed by atoms with Crippen LogP contribution in [0.2, 0.25) is 0 Å². The topological polar surface area (TPSA) is 70.1 Å². The molecule has 0 saturated carbocycles. The summed E-state index contributed by atoms with van der Waals surface area (Å²) in [6, 6.07) is 9.20. The Hall–Kier alpha value is -2.08. The molecule has 0 spiro atoms. The molecule has 138 valence electrons. The van der Waals surface area contributed by atoms with E-state index in [-0.39, 0.29) is 18.7 Å². The molecule has 1 aromatic carbocycles. The number of benzene rings is 1. The van der Waals surface area contributed by atoms with Gasteiger partial charge in [0.15, 0.2) is 0 Å². The third kappa shape index (κ3) is 4.12. The molecule has 1 heterocycles. The first-order valence-corrected chi connectivity index (χ1v) is 8.71. The van der Waals surface area contributed by atoms with Gasteiger partial charge in [0.25, 0.3) is 0 Å². The molecule has 1 N–H and O–H groups in total. The number of piperidine rings is 1. The van der Waals surface area contributed by atoms with E-state index in [9.17, 15) is 14.7 Å². The van der Waals surface area contributed by atoms with Gasteiger partial charge in [-0.05, 0) is 46.2 Å². The molecule has 1 aliphatic heterocycles. The Morgan fingerprint density at radius 1 is 1.36 bits per heavy atom. The Labute approximate surface area is 149 Å². The van der Waals surface area contributed by atoms with E-state index >= 15 is 0 Å². The average molecular weight is 348 g/mol. The Morgan fingerprint density at radius 3 is 2.52 bits per heavy atom. The van der Waals surface area contributed by atoms with Crippen molar-refractivity contribution in [1.29, 1.82) is 0 Å². The molecule has 25 heavy (non-hydrogen) atoms. The summed E-state index contributed by atoms with van der Waals surface area (Å²) in [6.07, 6.45) is 0.206. The molecular weight excluding hydrogens is 320 g/mol. The number of carbonyl (C=O) groups is 2. The molecule has 1 saturated heterocycles. The van der Waals surface area contributed by atoms with Crippen molar-refractivity contribution in [2.24, 2.45) is 0 Å². The third-order valence-corrected chi connectivity index (χ3v) is 5.04. The second kappa shape index (κ2) is 7.87. The van der Waals surface area contributed by atoms with Crippen molar-refractivity contribution in [3.8, 4) is 0 Å². The second-order valence-electron chi connectivity index (χ2n) is 7.12. The van der Waals surface area contributed by atoms with E-state index in [4.69, 9.17) is 4.74 Å². The number of nitrogens with zero attached hydrogens (tertiary/aromatic N) is 2. The number of aliphatic carboxylic acids is 1. The van der Waals surface area contributed by atoms with Crippen LogP contribution in [0.3, 0.4) is 0 Å². The molecule has 6 heteroatoms. The Balaban J connectivity index is 2.21. The van der Waals surface area contributed by atoms with Crippen LogP contribution in [0.1, 0.15) is 39.2 Å². The predicted molar refractivity (Wildman–Crippen MR) is 95.3 cm³/mol. The number of likely N-dealkylation sites (tertiary alicyclic amines) is 1. The highest BCUT2D eigenvalue weighted by Crippen LogP contribution is 2.34. The molecule has 1 amide bonds. The molecule has 0 bridgehead atoms. The number of rotatable bonds is 5. The van der Waals surface area contributed by atoms with Crippen LogP contribution in [0.4, 0.5) is 4.79 Å². The van der Waals surface area contributed by atoms with Gasteiger partial charge in [0.1, 0.15) is 12.1 Å². The van der Waals surface area contributed by atoms with Gasteiger partial charge in [-0.2, -0.15) is 0 Å². The number of carboxylic acids is 1. The van der Waals surface area contributed by atoms with Crippen LogP contribution in [0.25, 0.3) is 0 Å². The number of carbonyl (C=O) groups excluding carboxylic acids is 1. The van der Waals surface area contributed by atoms with E-state index in [2.05, 4.69) is 4.90 Å². The summed E-state index contributed by atoms with van der Waals surface area (Å²) in [6.45, 7) is 6.41. The summed E-state index contributed by atoms with van der Waals surface area (Å²) in [4.78, 5) is 28.5. The minimum absolute atomic E-state index is 0.0769. The summed E-state index contributed by atoms with van der Waals surface area (Å²) >= 11 is 0. The zero-order chi connectivity index (χ0) is 18.6. The molecule has 0 radical (unpaired) electrons. The van der Waals surface area contributed by atoms with Crippen molar-refractivity contribution in [3.63, 3.8) is 0 Å². The fourth-order valence-electron chi connectivity index (χ4n) is 3.51. The van der Waals surface area contributed by atoms with Gasteiger partial charge in [0.2, 0.25) is 0 Å². The summed E-state index contributed by atoms with van der Waals surface area (Å²) in [5.41, 5.74) is -0.353. The van der Waals surface area contributed by atoms with Gasteiger partial charge < -0.3 is 14.7 Å². The quantitative estimate of drug-likeness (QED) is 0.886. The first-order valence-electron chi connectivity index (χ1n) is 8.71. The van der Waals surface area contributed by atoms with E-state index in [1.165, 1.54) is 4.90 Å². The number of ether oxygens (including phenoxy) is 1. The molecular formula is C19H28N2O4. The lowest BCUT2D eigenvalue weighted by Gasteiger charge is -2.48. The average Bonchev–Trinajstić information content (AvgIpc) is 2.57. The largest absolute Gasteiger partial charge is 0.479 e. The van der Waals surface area contributed by atoms with Crippen molar-refractivity contribution >= 4 is 12.1 Å². The fourth-order valence-corrected chi connectivity index (χ4v) is 3.51. The maximum Gasteiger partial charge on any atom is 0.411 e. The molecule has 6 nitrogen and oxygen atoms in total. The first kappa shape index (κ1) is 19.2. The van der Waals surface area contributed by atoms with Crippen molar-refractivity contribution in [2.45, 2.75) is 57.8 Å². The summed E-state index contributed by atoms with van der Waals surface area (Å²) < 4.78 is 5.45. The monoisotopic (exact) mass is 348 g/mol. The van der Waals surface area contributed by atoms with Crippen molar-refractivity contribution < 1.29 is 19.4 Å². The van der Waals surface area contributed by atoms with E-state index in [1.807, 2.05) is 58.2 Å². The van der Waals surface area contributed by atoms with Crippen LogP contribution in [-0.2, 0) is 16.1 Å². The van der Waals surface area contributed by atoms with Crippen LogP contribution in [-0.4, -0.2) is 58.2 Å². The number of amides is 1. The molecule has 1 fully saturated rings. The Bertz CT molecular complexity index is 605. The predicted octanol–water partition coefficient (Wildman–Crippen LogP) is 2.97. The summed E-state index contributed by atoms with van der Waals surface area (Å²) in [5.74, 6) is -0.960. The van der Waals surface area contributed by atoms with Crippen molar-refractivity contribution in [1.82, 2.24) is 9.80 Å². The molecule has 0 aromatic heterocycles. The molecule has 0 aliphatic carbocycles. The highest BCUT2D eigenvalue weighted by atomic mass is 16.6. The maximum atomic E-state index is 12.8. The lowest BCUT2D eigenvalue weighted by Crippen LogP contribution is -2.65. The van der Waals surface area contributed by atoms with Crippen molar-refractivity contribution in [3.05, 3.63) is 35.9 Å². The van der Waals surface area contributed by atoms with Gasteiger partial charge in [-0.25, -0.2) is 9.59 Å². The maximum absolute atomic E-state index is 12.8. The molecule has 1 aromatic rings. The third-order valence-electron chi connectivity index (χ3n) is 5.04. The minimum Gasteiger partial charge on any atom is -0.479 e. The highest BCUT2D eigenvalue weighted by molar-refractivity contribution is 5.85. The van der Waals surface area contributed by atoms with Gasteiger partial charge >= 0.3 is 12.1 Å². The number of carboxylic acid groups (broad SMARTS) is 1. The second-order valence-corrected chi connectivity index (χ2v) is 7.12. The first-order chi connectivity index (χ1) is 11.8. The standard InChI is InChI=1S/C19H28N2O4/c1-14(2)21(18(24)25-13-16-8-6-5-7-9-16)19(17(22)23)10-11-20(4)15(3)12-19/h5-9,14-15H,10-13H2,1-4H3,(H,22,23). The van der Waals surface area contributed by atoms with E-state index < -0.39 is 17.6 Å². The molecule has 1 aliphatic rings. The van der Waals surface area contributed by atoms with Crippen LogP contribution < -0.4 is 0 Å². The van der Waals surface area contributed by atoms with E-state index in [1.54, 1.807) is 0 Å². The van der Waals surface area contributed by atoms with E-state index in [0.717, 1.165) is 5.56 Å². The molecule has 2 unspecified atom stereocenters. The van der Waals surface area contributed by atoms with Gasteiger partial charge in [0.05, 0.1) is 0 Å². The Morgan fingerprint density at radius 2 is 2.00 bits per heavy atom. The minimum atomic E-state index is -1.23. The molecule has 2 rings (SSSR count). The van der Waals surface area contributed by atoms with Crippen LogP contribution in [0, 0.1) is 0 Å². The Kier molecular flexibility index (Phi) is 6.06. The molecule has 2 atom stereocenters. The summed E-state index contributed by atoms with van der Waals surface area (Å²) in [5, 5.41) is 9.98.